The van der Waals surface area contributed by atoms with Crippen LogP contribution >= 0.6 is 0 Å². The highest BCUT2D eigenvalue weighted by Gasteiger charge is 2.48. The van der Waals surface area contributed by atoms with Gasteiger partial charge in [0.15, 0.2) is 5.82 Å². The molecule has 0 amide bonds. The molecule has 1 saturated carbocycles. The van der Waals surface area contributed by atoms with Crippen LogP contribution in [0.1, 0.15) is 48.8 Å². The number of aromatic nitrogens is 4. The molecule has 8 heteroatoms. The molecule has 218 valence electrons. The molecule has 0 spiro atoms. The van der Waals surface area contributed by atoms with Gasteiger partial charge in [0, 0.05) is 44.9 Å². The molecule has 0 radical (unpaired) electrons. The maximum atomic E-state index is 16.8. The Labute approximate surface area is 244 Å². The molecule has 3 heterocycles. The molecular weight excluding hydrogens is 529 g/mol. The first-order valence-corrected chi connectivity index (χ1v) is 18.8. The van der Waals surface area contributed by atoms with Crippen molar-refractivity contribution >= 4 is 19.0 Å². The van der Waals surface area contributed by atoms with E-state index in [9.17, 15) is 0 Å². The average Bonchev–Trinajstić information content (AvgIpc) is 3.47. The second kappa shape index (κ2) is 10.8. The summed E-state index contributed by atoms with van der Waals surface area (Å²) in [5.41, 5.74) is 5.43. The van der Waals surface area contributed by atoms with Crippen LogP contribution in [-0.4, -0.2) is 52.0 Å². The first-order chi connectivity index (χ1) is 19.6. The fraction of sp³-hybridized carbons (Fsp3) is 0.515. The van der Waals surface area contributed by atoms with Crippen LogP contribution in [0.4, 0.5) is 4.39 Å². The van der Waals surface area contributed by atoms with Gasteiger partial charge in [-0.1, -0.05) is 50.8 Å². The summed E-state index contributed by atoms with van der Waals surface area (Å²) in [6.45, 7) is 15.6. The summed E-state index contributed by atoms with van der Waals surface area (Å²) in [5, 5.41) is 9.68. The van der Waals surface area contributed by atoms with E-state index in [0.717, 1.165) is 66.6 Å². The fourth-order valence-electron chi connectivity index (χ4n) is 6.79. The summed E-state index contributed by atoms with van der Waals surface area (Å²) < 4.78 is 27.1. The lowest BCUT2D eigenvalue weighted by atomic mass is 9.58. The van der Waals surface area contributed by atoms with Crippen molar-refractivity contribution in [2.24, 2.45) is 13.0 Å². The van der Waals surface area contributed by atoms with Crippen LogP contribution in [-0.2, 0) is 30.5 Å². The van der Waals surface area contributed by atoms with Crippen LogP contribution in [0.15, 0.2) is 42.7 Å². The van der Waals surface area contributed by atoms with Gasteiger partial charge in [0.25, 0.3) is 0 Å². The lowest BCUT2D eigenvalue weighted by Crippen LogP contribution is -2.43. The third kappa shape index (κ3) is 5.30. The van der Waals surface area contributed by atoms with E-state index >= 15 is 4.39 Å². The molecule has 4 aromatic rings. The summed E-state index contributed by atoms with van der Waals surface area (Å²) in [6, 6.07) is 13.8. The molecule has 2 aliphatic rings. The summed E-state index contributed by atoms with van der Waals surface area (Å²) in [5.74, 6) is 1.43. The minimum absolute atomic E-state index is 0.166. The predicted octanol–water partition coefficient (Wildman–Crippen LogP) is 7.12. The summed E-state index contributed by atoms with van der Waals surface area (Å²) in [6.07, 6.45) is 5.04. The Morgan fingerprint density at radius 2 is 1.90 bits per heavy atom. The number of ether oxygens (including phenoxy) is 1. The largest absolute Gasteiger partial charge is 0.361 e. The van der Waals surface area contributed by atoms with Crippen molar-refractivity contribution in [2.45, 2.75) is 77.5 Å². The lowest BCUT2D eigenvalue weighted by molar-refractivity contribution is 0.0838. The molecule has 6 rings (SSSR count). The number of hydrogen-bond acceptors (Lipinski definition) is 4. The molecule has 0 N–H and O–H groups in total. The van der Waals surface area contributed by atoms with Crippen molar-refractivity contribution in [3.8, 4) is 11.1 Å². The Hall–Kier alpha value is -2.81. The Balaban J connectivity index is 1.41. The van der Waals surface area contributed by atoms with Gasteiger partial charge in [-0.05, 0) is 80.1 Å². The van der Waals surface area contributed by atoms with Crippen LogP contribution in [0.3, 0.4) is 0 Å². The molecule has 6 nitrogen and oxygen atoms in total. The highest BCUT2D eigenvalue weighted by molar-refractivity contribution is 6.76. The Morgan fingerprint density at radius 1 is 1.12 bits per heavy atom. The molecule has 41 heavy (non-hydrogen) atoms. The van der Waals surface area contributed by atoms with Gasteiger partial charge >= 0.3 is 0 Å². The van der Waals surface area contributed by atoms with Crippen molar-refractivity contribution in [2.75, 3.05) is 19.7 Å². The van der Waals surface area contributed by atoms with Gasteiger partial charge < -0.3 is 13.9 Å². The second-order valence-electron chi connectivity index (χ2n) is 13.8. The van der Waals surface area contributed by atoms with E-state index < -0.39 is 8.07 Å². The Bertz CT molecular complexity index is 1560. The molecular formula is C33H44FN5OSi. The SMILES string of the molecule is Cc1cc(-c2cccc(C3(c4nncn4C)CC(C)C3)c2)c(F)c2c1cc(CN1CCC1)n2COCC[Si](C)(C)C. The number of benzene rings is 2. The molecule has 2 aromatic carbocycles. The smallest absolute Gasteiger partial charge is 0.155 e. The zero-order chi connectivity index (χ0) is 28.9. The van der Waals surface area contributed by atoms with Gasteiger partial charge in [0.1, 0.15) is 18.9 Å². The predicted molar refractivity (Wildman–Crippen MR) is 166 cm³/mol. The number of nitrogens with zero attached hydrogens (tertiary/aromatic N) is 5. The minimum Gasteiger partial charge on any atom is -0.361 e. The molecule has 0 atom stereocenters. The second-order valence-corrected chi connectivity index (χ2v) is 19.4. The molecule has 1 aliphatic heterocycles. The molecule has 0 unspecified atom stereocenters. The van der Waals surface area contributed by atoms with E-state index in [1.54, 1.807) is 6.33 Å². The Morgan fingerprint density at radius 3 is 2.54 bits per heavy atom. The number of hydrogen-bond donors (Lipinski definition) is 0. The van der Waals surface area contributed by atoms with Crippen LogP contribution in [0.2, 0.25) is 25.7 Å². The van der Waals surface area contributed by atoms with E-state index in [1.807, 2.05) is 23.7 Å². The summed E-state index contributed by atoms with van der Waals surface area (Å²) in [7, 11) is 0.796. The van der Waals surface area contributed by atoms with Crippen molar-refractivity contribution in [1.82, 2.24) is 24.2 Å². The topological polar surface area (TPSA) is 48.1 Å². The number of rotatable bonds is 10. The molecule has 1 saturated heterocycles. The van der Waals surface area contributed by atoms with Gasteiger partial charge in [-0.25, -0.2) is 4.39 Å². The standard InChI is InChI=1S/C33H44FN5OSi/c1-23-18-33(19-23,32-36-35-21-37(32)3)26-10-7-9-25(16-26)29-15-24(2)28-17-27(20-38-11-8-12-38)39(31(28)30(29)34)22-40-13-14-41(4,5)6/h7,9-10,15-17,21,23H,8,11-14,18-20,22H2,1-6H3. The quantitative estimate of drug-likeness (QED) is 0.150. The summed E-state index contributed by atoms with van der Waals surface area (Å²) in [4.78, 5) is 2.43. The van der Waals surface area contributed by atoms with Crippen molar-refractivity contribution in [3.63, 3.8) is 0 Å². The van der Waals surface area contributed by atoms with E-state index in [-0.39, 0.29) is 11.2 Å². The maximum Gasteiger partial charge on any atom is 0.155 e. The molecule has 1 aliphatic carbocycles. The minimum atomic E-state index is -1.22. The van der Waals surface area contributed by atoms with Crippen molar-refractivity contribution in [3.05, 3.63) is 71.2 Å². The van der Waals surface area contributed by atoms with E-state index in [2.05, 4.69) is 77.4 Å². The van der Waals surface area contributed by atoms with E-state index in [4.69, 9.17) is 4.74 Å². The van der Waals surface area contributed by atoms with Crippen LogP contribution in [0.25, 0.3) is 22.0 Å². The highest BCUT2D eigenvalue weighted by Crippen LogP contribution is 2.52. The van der Waals surface area contributed by atoms with E-state index in [1.165, 1.54) is 12.0 Å². The fourth-order valence-corrected chi connectivity index (χ4v) is 7.55. The monoisotopic (exact) mass is 573 g/mol. The highest BCUT2D eigenvalue weighted by atomic mass is 28.3. The van der Waals surface area contributed by atoms with Gasteiger partial charge in [-0.15, -0.1) is 10.2 Å². The third-order valence-electron chi connectivity index (χ3n) is 9.22. The van der Waals surface area contributed by atoms with Gasteiger partial charge in [-0.2, -0.15) is 0 Å². The molecule has 2 aromatic heterocycles. The van der Waals surface area contributed by atoms with Crippen LogP contribution in [0.5, 0.6) is 0 Å². The number of fused-ring (bicyclic) bond motifs is 1. The van der Waals surface area contributed by atoms with Crippen LogP contribution in [0, 0.1) is 18.7 Å². The van der Waals surface area contributed by atoms with E-state index in [0.29, 0.717) is 30.3 Å². The number of aryl methyl sites for hydroxylation is 2. The van der Waals surface area contributed by atoms with Gasteiger partial charge in [-0.3, -0.25) is 4.90 Å². The van der Waals surface area contributed by atoms with Crippen molar-refractivity contribution in [1.29, 1.82) is 0 Å². The number of likely N-dealkylation sites (tertiary alicyclic amines) is 1. The molecule has 0 bridgehead atoms. The maximum absolute atomic E-state index is 16.8. The number of halogens is 1. The zero-order valence-corrected chi connectivity index (χ0v) is 26.5. The molecule has 2 fully saturated rings. The first kappa shape index (κ1) is 28.3. The Kier molecular flexibility index (Phi) is 7.45. The lowest BCUT2D eigenvalue weighted by Gasteiger charge is -2.46. The first-order valence-electron chi connectivity index (χ1n) is 15.1. The van der Waals surface area contributed by atoms with Gasteiger partial charge in [0.05, 0.1) is 10.9 Å². The van der Waals surface area contributed by atoms with Crippen molar-refractivity contribution < 1.29 is 9.13 Å². The zero-order valence-electron chi connectivity index (χ0n) is 25.5. The van der Waals surface area contributed by atoms with Crippen LogP contribution < -0.4 is 0 Å². The normalized spacial score (nSPS) is 21.3. The van der Waals surface area contributed by atoms with Gasteiger partial charge in [0.2, 0.25) is 0 Å². The average molecular weight is 574 g/mol. The third-order valence-corrected chi connectivity index (χ3v) is 10.9. The summed E-state index contributed by atoms with van der Waals surface area (Å²) >= 11 is 0.